The van der Waals surface area contributed by atoms with Crippen LogP contribution in [0.4, 0.5) is 5.69 Å². The van der Waals surface area contributed by atoms with Crippen molar-refractivity contribution in [3.05, 3.63) is 59.7 Å². The van der Waals surface area contributed by atoms with Crippen LogP contribution in [0.5, 0.6) is 5.75 Å². The van der Waals surface area contributed by atoms with E-state index in [0.717, 1.165) is 44.1 Å². The fourth-order valence-corrected chi connectivity index (χ4v) is 4.31. The first-order valence-corrected chi connectivity index (χ1v) is 11.2. The van der Waals surface area contributed by atoms with Crippen LogP contribution in [0.3, 0.4) is 0 Å². The summed E-state index contributed by atoms with van der Waals surface area (Å²) in [5, 5.41) is 2.92. The molecule has 164 valence electrons. The predicted octanol–water partition coefficient (Wildman–Crippen LogP) is 3.96. The van der Waals surface area contributed by atoms with Crippen LogP contribution in [0, 0.1) is 5.92 Å². The third kappa shape index (κ3) is 5.25. The molecule has 6 heteroatoms. The number of carbonyl (C=O) groups excluding carboxylic acids is 2. The van der Waals surface area contributed by atoms with Crippen molar-refractivity contribution in [2.75, 3.05) is 12.4 Å². The summed E-state index contributed by atoms with van der Waals surface area (Å²) in [5.74, 6) is 0.878. The summed E-state index contributed by atoms with van der Waals surface area (Å²) >= 11 is 0. The minimum atomic E-state index is -0.189. The number of benzene rings is 2. The van der Waals surface area contributed by atoms with Gasteiger partial charge in [-0.3, -0.25) is 9.59 Å². The molecule has 6 nitrogen and oxygen atoms in total. The summed E-state index contributed by atoms with van der Waals surface area (Å²) in [6.45, 7) is 0.567. The second kappa shape index (κ2) is 9.52. The molecule has 0 bridgehead atoms. The van der Waals surface area contributed by atoms with Gasteiger partial charge in [-0.25, -0.2) is 0 Å². The van der Waals surface area contributed by atoms with Crippen LogP contribution in [0.1, 0.15) is 54.4 Å². The number of carbonyl (C=O) groups is 2. The maximum Gasteiger partial charge on any atom is 0.255 e. The van der Waals surface area contributed by atoms with Gasteiger partial charge < -0.3 is 20.7 Å². The number of hydrogen-bond acceptors (Lipinski definition) is 4. The van der Waals surface area contributed by atoms with Gasteiger partial charge in [-0.2, -0.15) is 0 Å². The zero-order valence-corrected chi connectivity index (χ0v) is 18.0. The Morgan fingerprint density at radius 2 is 1.81 bits per heavy atom. The van der Waals surface area contributed by atoms with Gasteiger partial charge in [0.1, 0.15) is 5.75 Å². The molecule has 31 heavy (non-hydrogen) atoms. The van der Waals surface area contributed by atoms with Crippen molar-refractivity contribution < 1.29 is 14.3 Å². The Morgan fingerprint density at radius 3 is 2.48 bits per heavy atom. The van der Waals surface area contributed by atoms with Gasteiger partial charge in [0, 0.05) is 35.8 Å². The monoisotopic (exact) mass is 421 g/mol. The Kier molecular flexibility index (Phi) is 6.56. The maximum absolute atomic E-state index is 13.0. The van der Waals surface area contributed by atoms with Crippen LogP contribution >= 0.6 is 0 Å². The average Bonchev–Trinajstić information content (AvgIpc) is 3.64. The Morgan fingerprint density at radius 1 is 1.06 bits per heavy atom. The highest BCUT2D eigenvalue weighted by Crippen LogP contribution is 2.34. The van der Waals surface area contributed by atoms with E-state index in [1.54, 1.807) is 31.4 Å². The molecule has 2 aliphatic rings. The lowest BCUT2D eigenvalue weighted by Gasteiger charge is -2.38. The summed E-state index contributed by atoms with van der Waals surface area (Å²) in [6, 6.07) is 14.9. The SMILES string of the molecule is COc1cccc(C(=O)Nc2ccc(CN(C(=O)C3CC3)C3CCCCC3N)cc2)c1. The minimum Gasteiger partial charge on any atom is -0.497 e. The van der Waals surface area contributed by atoms with Crippen LogP contribution in [0.15, 0.2) is 48.5 Å². The molecular formula is C25H31N3O3. The van der Waals surface area contributed by atoms with Gasteiger partial charge in [-0.15, -0.1) is 0 Å². The fraction of sp³-hybridized carbons (Fsp3) is 0.440. The number of ether oxygens (including phenoxy) is 1. The van der Waals surface area contributed by atoms with Gasteiger partial charge in [0.25, 0.3) is 5.91 Å². The fourth-order valence-electron chi connectivity index (χ4n) is 4.31. The second-order valence-corrected chi connectivity index (χ2v) is 8.64. The number of nitrogens with one attached hydrogen (secondary N) is 1. The van der Waals surface area contributed by atoms with Crippen LogP contribution in [-0.2, 0) is 11.3 Å². The van der Waals surface area contributed by atoms with Gasteiger partial charge in [-0.1, -0.05) is 31.0 Å². The molecule has 2 aromatic carbocycles. The van der Waals surface area contributed by atoms with E-state index < -0.39 is 0 Å². The topological polar surface area (TPSA) is 84.7 Å². The molecule has 2 fully saturated rings. The Balaban J connectivity index is 1.43. The second-order valence-electron chi connectivity index (χ2n) is 8.64. The molecule has 4 rings (SSSR count). The molecule has 0 saturated heterocycles. The van der Waals surface area contributed by atoms with Crippen LogP contribution in [0.25, 0.3) is 0 Å². The lowest BCUT2D eigenvalue weighted by atomic mass is 9.89. The van der Waals surface area contributed by atoms with Crippen molar-refractivity contribution in [3.63, 3.8) is 0 Å². The molecule has 2 aliphatic carbocycles. The lowest BCUT2D eigenvalue weighted by molar-refractivity contribution is -0.136. The first-order valence-electron chi connectivity index (χ1n) is 11.2. The third-order valence-electron chi connectivity index (χ3n) is 6.29. The van der Waals surface area contributed by atoms with E-state index in [1.807, 2.05) is 29.2 Å². The number of hydrogen-bond donors (Lipinski definition) is 2. The summed E-state index contributed by atoms with van der Waals surface area (Å²) in [4.78, 5) is 27.5. The van der Waals surface area contributed by atoms with Gasteiger partial charge in [0.15, 0.2) is 0 Å². The largest absolute Gasteiger partial charge is 0.497 e. The van der Waals surface area contributed by atoms with E-state index >= 15 is 0 Å². The van der Waals surface area contributed by atoms with E-state index in [9.17, 15) is 9.59 Å². The van der Waals surface area contributed by atoms with E-state index in [1.165, 1.54) is 0 Å². The highest BCUT2D eigenvalue weighted by atomic mass is 16.5. The van der Waals surface area contributed by atoms with Crippen molar-refractivity contribution in [2.24, 2.45) is 11.7 Å². The maximum atomic E-state index is 13.0. The molecule has 0 aromatic heterocycles. The molecule has 0 aliphatic heterocycles. The van der Waals surface area contributed by atoms with Crippen molar-refractivity contribution in [3.8, 4) is 5.75 Å². The van der Waals surface area contributed by atoms with Crippen LogP contribution in [0.2, 0.25) is 0 Å². The third-order valence-corrected chi connectivity index (χ3v) is 6.29. The Hall–Kier alpha value is -2.86. The molecule has 2 atom stereocenters. The van der Waals surface area contributed by atoms with Crippen LogP contribution < -0.4 is 15.8 Å². The van der Waals surface area contributed by atoms with E-state index in [0.29, 0.717) is 23.5 Å². The van der Waals surface area contributed by atoms with Gasteiger partial charge in [0.2, 0.25) is 5.91 Å². The van der Waals surface area contributed by atoms with E-state index in [4.69, 9.17) is 10.5 Å². The van der Waals surface area contributed by atoms with Crippen LogP contribution in [-0.4, -0.2) is 35.9 Å². The molecule has 0 spiro atoms. The number of amides is 2. The standard InChI is InChI=1S/C25H31N3O3/c1-31-21-6-4-5-19(15-21)24(29)27-20-13-9-17(10-14-20)16-28(25(30)18-11-12-18)23-8-3-2-7-22(23)26/h4-6,9-10,13-15,18,22-23H,2-3,7-8,11-12,16,26H2,1H3,(H,27,29). The highest BCUT2D eigenvalue weighted by Gasteiger charge is 2.38. The first-order chi connectivity index (χ1) is 15.0. The van der Waals surface area contributed by atoms with Gasteiger partial charge in [-0.05, 0) is 61.6 Å². The minimum absolute atomic E-state index is 0.0536. The van der Waals surface area contributed by atoms with Crippen molar-refractivity contribution in [1.82, 2.24) is 4.90 Å². The quantitative estimate of drug-likeness (QED) is 0.709. The number of anilines is 1. The lowest BCUT2D eigenvalue weighted by Crippen LogP contribution is -2.52. The van der Waals surface area contributed by atoms with Crippen molar-refractivity contribution in [2.45, 2.75) is 57.2 Å². The molecule has 2 amide bonds. The summed E-state index contributed by atoms with van der Waals surface area (Å²) < 4.78 is 5.18. The zero-order chi connectivity index (χ0) is 21.8. The number of rotatable bonds is 7. The highest BCUT2D eigenvalue weighted by molar-refractivity contribution is 6.04. The zero-order valence-electron chi connectivity index (χ0n) is 18.0. The van der Waals surface area contributed by atoms with Gasteiger partial charge in [0.05, 0.1) is 7.11 Å². The Labute approximate surface area is 183 Å². The molecular weight excluding hydrogens is 390 g/mol. The molecule has 3 N–H and O–H groups in total. The number of methoxy groups -OCH3 is 1. The molecule has 2 saturated carbocycles. The molecule has 2 unspecified atom stereocenters. The van der Waals surface area contributed by atoms with Crippen molar-refractivity contribution >= 4 is 17.5 Å². The molecule has 0 radical (unpaired) electrons. The summed E-state index contributed by atoms with van der Waals surface area (Å²) in [7, 11) is 1.58. The predicted molar refractivity (Wildman–Crippen MR) is 121 cm³/mol. The number of nitrogens with two attached hydrogens (primary N) is 1. The molecule has 0 heterocycles. The van der Waals surface area contributed by atoms with E-state index in [-0.39, 0.29) is 29.8 Å². The van der Waals surface area contributed by atoms with E-state index in [2.05, 4.69) is 5.32 Å². The average molecular weight is 422 g/mol. The number of nitrogens with zero attached hydrogens (tertiary/aromatic N) is 1. The summed E-state index contributed by atoms with van der Waals surface area (Å²) in [5.41, 5.74) is 8.70. The summed E-state index contributed by atoms with van der Waals surface area (Å²) in [6.07, 6.45) is 6.22. The normalized spacial score (nSPS) is 20.7. The smallest absolute Gasteiger partial charge is 0.255 e. The molecule has 2 aromatic rings. The Bertz CT molecular complexity index is 924. The first kappa shape index (κ1) is 21.4. The van der Waals surface area contributed by atoms with Crippen molar-refractivity contribution in [1.29, 1.82) is 0 Å². The van der Waals surface area contributed by atoms with Gasteiger partial charge >= 0.3 is 0 Å².